The van der Waals surface area contributed by atoms with E-state index in [-0.39, 0.29) is 35.4 Å². The SMILES string of the molecule is O=C1CN(Cc2ccncc2N2CCCCC2)C(=O)N1c1ccc(SC(F)(F)F)cc1. The number of carbonyl (C=O) groups is 2. The number of aromatic nitrogens is 1. The van der Waals surface area contributed by atoms with Crippen LogP contribution >= 0.6 is 11.8 Å². The van der Waals surface area contributed by atoms with Gasteiger partial charge in [0.1, 0.15) is 6.54 Å². The van der Waals surface area contributed by atoms with Crippen molar-refractivity contribution < 1.29 is 22.8 Å². The third-order valence-electron chi connectivity index (χ3n) is 5.31. The molecule has 0 saturated carbocycles. The molecule has 4 rings (SSSR count). The fourth-order valence-corrected chi connectivity index (χ4v) is 4.44. The van der Waals surface area contributed by atoms with Crippen LogP contribution in [0.2, 0.25) is 0 Å². The molecule has 3 heterocycles. The lowest BCUT2D eigenvalue weighted by Crippen LogP contribution is -2.34. The zero-order chi connectivity index (χ0) is 22.0. The Hall–Kier alpha value is -2.75. The van der Waals surface area contributed by atoms with E-state index in [1.807, 2.05) is 6.07 Å². The summed E-state index contributed by atoms with van der Waals surface area (Å²) in [5.41, 5.74) is -2.25. The summed E-state index contributed by atoms with van der Waals surface area (Å²) in [4.78, 5) is 34.4. The molecular formula is C21H21F3N4O2S. The van der Waals surface area contributed by atoms with Crippen LogP contribution in [0.25, 0.3) is 0 Å². The molecule has 2 saturated heterocycles. The molecule has 1 aromatic heterocycles. The Balaban J connectivity index is 1.49. The number of benzene rings is 1. The predicted molar refractivity (Wildman–Crippen MR) is 112 cm³/mol. The number of imide groups is 1. The van der Waals surface area contributed by atoms with Crippen LogP contribution in [0.1, 0.15) is 24.8 Å². The van der Waals surface area contributed by atoms with Gasteiger partial charge in [-0.3, -0.25) is 9.78 Å². The second-order valence-electron chi connectivity index (χ2n) is 7.46. The van der Waals surface area contributed by atoms with Gasteiger partial charge in [0.25, 0.3) is 5.91 Å². The van der Waals surface area contributed by atoms with Crippen molar-refractivity contribution in [1.29, 1.82) is 0 Å². The monoisotopic (exact) mass is 450 g/mol. The van der Waals surface area contributed by atoms with Crippen LogP contribution in [0.4, 0.5) is 29.3 Å². The summed E-state index contributed by atoms with van der Waals surface area (Å²) in [6.45, 7) is 2.04. The summed E-state index contributed by atoms with van der Waals surface area (Å²) >= 11 is -0.238. The molecule has 2 fully saturated rings. The van der Waals surface area contributed by atoms with Gasteiger partial charge >= 0.3 is 11.5 Å². The lowest BCUT2D eigenvalue weighted by Gasteiger charge is -2.31. The first-order valence-electron chi connectivity index (χ1n) is 9.97. The molecule has 164 valence electrons. The molecule has 0 atom stereocenters. The summed E-state index contributed by atoms with van der Waals surface area (Å²) in [6.07, 6.45) is 6.86. The molecule has 0 unspecified atom stereocenters. The summed E-state index contributed by atoms with van der Waals surface area (Å²) in [7, 11) is 0. The van der Waals surface area contributed by atoms with Crippen molar-refractivity contribution in [3.63, 3.8) is 0 Å². The molecule has 1 aromatic carbocycles. The molecule has 0 radical (unpaired) electrons. The molecule has 2 aromatic rings. The van der Waals surface area contributed by atoms with Crippen LogP contribution in [0.15, 0.2) is 47.6 Å². The second-order valence-corrected chi connectivity index (χ2v) is 8.60. The predicted octanol–water partition coefficient (Wildman–Crippen LogP) is 4.65. The average molecular weight is 450 g/mol. The molecular weight excluding hydrogens is 429 g/mol. The number of pyridine rings is 1. The maximum atomic E-state index is 12.9. The summed E-state index contributed by atoms with van der Waals surface area (Å²) in [5.74, 6) is -0.408. The van der Waals surface area contributed by atoms with E-state index in [1.54, 1.807) is 12.4 Å². The molecule has 0 spiro atoms. The first-order chi connectivity index (χ1) is 14.8. The Morgan fingerprint density at radius 1 is 1.00 bits per heavy atom. The van der Waals surface area contributed by atoms with Gasteiger partial charge in [-0.25, -0.2) is 9.69 Å². The van der Waals surface area contributed by atoms with Gasteiger partial charge in [0.05, 0.1) is 24.1 Å². The van der Waals surface area contributed by atoms with Crippen LogP contribution in [0.3, 0.4) is 0 Å². The van der Waals surface area contributed by atoms with Gasteiger partial charge in [-0.15, -0.1) is 0 Å². The van der Waals surface area contributed by atoms with Gasteiger partial charge < -0.3 is 9.80 Å². The number of amides is 3. The van der Waals surface area contributed by atoms with Crippen LogP contribution in [0.5, 0.6) is 0 Å². The Morgan fingerprint density at radius 2 is 1.71 bits per heavy atom. The minimum atomic E-state index is -4.39. The van der Waals surface area contributed by atoms with E-state index >= 15 is 0 Å². The van der Waals surface area contributed by atoms with Crippen LogP contribution < -0.4 is 9.80 Å². The highest BCUT2D eigenvalue weighted by atomic mass is 32.2. The lowest BCUT2D eigenvalue weighted by molar-refractivity contribution is -0.116. The lowest BCUT2D eigenvalue weighted by atomic mass is 10.1. The van der Waals surface area contributed by atoms with Crippen molar-refractivity contribution in [2.75, 3.05) is 29.4 Å². The topological polar surface area (TPSA) is 56.8 Å². The molecule has 0 N–H and O–H groups in total. The van der Waals surface area contributed by atoms with E-state index in [0.29, 0.717) is 0 Å². The second kappa shape index (κ2) is 8.78. The molecule has 2 aliphatic heterocycles. The first kappa shape index (κ1) is 21.5. The van der Waals surface area contributed by atoms with Crippen molar-refractivity contribution in [3.05, 3.63) is 48.3 Å². The zero-order valence-corrected chi connectivity index (χ0v) is 17.5. The Kier molecular flexibility index (Phi) is 6.08. The van der Waals surface area contributed by atoms with Crippen LogP contribution in [-0.4, -0.2) is 47.0 Å². The number of urea groups is 1. The smallest absolute Gasteiger partial charge is 0.370 e. The van der Waals surface area contributed by atoms with Crippen LogP contribution in [0, 0.1) is 0 Å². The molecule has 2 aliphatic rings. The number of anilines is 2. The van der Waals surface area contributed by atoms with Crippen LogP contribution in [-0.2, 0) is 11.3 Å². The minimum absolute atomic E-state index is 0.00448. The third-order valence-corrected chi connectivity index (χ3v) is 6.05. The highest BCUT2D eigenvalue weighted by Crippen LogP contribution is 2.37. The maximum Gasteiger partial charge on any atom is 0.446 e. The number of piperidine rings is 1. The standard InChI is InChI=1S/C21H21F3N4O2S/c22-21(23,24)31-17-6-4-16(5-7-17)28-19(29)14-27(20(28)30)13-15-8-9-25-12-18(15)26-10-2-1-3-11-26/h4-9,12H,1-3,10-11,13-14H2. The van der Waals surface area contributed by atoms with Gasteiger partial charge in [0.2, 0.25) is 0 Å². The van der Waals surface area contributed by atoms with E-state index < -0.39 is 17.4 Å². The number of alkyl halides is 3. The van der Waals surface area contributed by atoms with E-state index in [4.69, 9.17) is 0 Å². The molecule has 0 aliphatic carbocycles. The number of hydrogen-bond acceptors (Lipinski definition) is 5. The Bertz CT molecular complexity index is 962. The van der Waals surface area contributed by atoms with Gasteiger partial charge in [0, 0.05) is 24.2 Å². The molecule has 31 heavy (non-hydrogen) atoms. The number of thioether (sulfide) groups is 1. The summed E-state index contributed by atoms with van der Waals surface area (Å²) < 4.78 is 37.6. The van der Waals surface area contributed by atoms with Gasteiger partial charge in [-0.2, -0.15) is 13.2 Å². The minimum Gasteiger partial charge on any atom is -0.370 e. The molecule has 0 bridgehead atoms. The fraction of sp³-hybridized carbons (Fsp3) is 0.381. The van der Waals surface area contributed by atoms with E-state index in [1.165, 1.54) is 35.6 Å². The average Bonchev–Trinajstić information content (AvgIpc) is 3.02. The quantitative estimate of drug-likeness (QED) is 0.490. The molecule has 10 heteroatoms. The fourth-order valence-electron chi connectivity index (χ4n) is 3.90. The van der Waals surface area contributed by atoms with Crippen molar-refractivity contribution in [2.24, 2.45) is 0 Å². The first-order valence-corrected chi connectivity index (χ1v) is 10.8. The van der Waals surface area contributed by atoms with Crippen molar-refractivity contribution in [3.8, 4) is 0 Å². The van der Waals surface area contributed by atoms with Gasteiger partial charge in [-0.05, 0) is 66.9 Å². The van der Waals surface area contributed by atoms with E-state index in [0.717, 1.165) is 42.1 Å². The molecule has 6 nitrogen and oxygen atoms in total. The number of carbonyl (C=O) groups excluding carboxylic acids is 2. The number of rotatable bonds is 5. The number of hydrogen-bond donors (Lipinski definition) is 0. The van der Waals surface area contributed by atoms with E-state index in [2.05, 4.69) is 9.88 Å². The van der Waals surface area contributed by atoms with Gasteiger partial charge in [0.15, 0.2) is 0 Å². The molecule has 3 amide bonds. The van der Waals surface area contributed by atoms with Gasteiger partial charge in [-0.1, -0.05) is 0 Å². The zero-order valence-electron chi connectivity index (χ0n) is 16.6. The Morgan fingerprint density at radius 3 is 2.39 bits per heavy atom. The van der Waals surface area contributed by atoms with E-state index in [9.17, 15) is 22.8 Å². The van der Waals surface area contributed by atoms with Crippen molar-refractivity contribution in [1.82, 2.24) is 9.88 Å². The normalized spacial score (nSPS) is 17.6. The third kappa shape index (κ3) is 4.95. The number of halogens is 3. The maximum absolute atomic E-state index is 12.9. The Labute approximate surface area is 182 Å². The summed E-state index contributed by atoms with van der Waals surface area (Å²) in [6, 6.07) is 6.61. The highest BCUT2D eigenvalue weighted by Gasteiger charge is 2.37. The van der Waals surface area contributed by atoms with Crippen molar-refractivity contribution in [2.45, 2.75) is 36.2 Å². The summed E-state index contributed by atoms with van der Waals surface area (Å²) in [5, 5.41) is 0. The number of nitrogens with zero attached hydrogens (tertiary/aromatic N) is 4. The highest BCUT2D eigenvalue weighted by molar-refractivity contribution is 8.00. The van der Waals surface area contributed by atoms with Crippen molar-refractivity contribution >= 4 is 35.1 Å². The largest absolute Gasteiger partial charge is 0.446 e.